The first-order valence-corrected chi connectivity index (χ1v) is 34.1. The zero-order valence-corrected chi connectivity index (χ0v) is 52.0. The Morgan fingerprint density at radius 3 is 1.49 bits per heavy atom. The molecular formula is C50H33N9O27S8. The summed E-state index contributed by atoms with van der Waals surface area (Å²) < 4.78 is 190. The van der Waals surface area contributed by atoms with Crippen molar-refractivity contribution in [2.75, 3.05) is 5.73 Å². The van der Waals surface area contributed by atoms with Crippen molar-refractivity contribution < 1.29 is 124 Å². The highest BCUT2D eigenvalue weighted by Crippen LogP contribution is 2.52. The molecule has 36 nitrogen and oxygen atoms in total. The van der Waals surface area contributed by atoms with Gasteiger partial charge in [-0.25, -0.2) is 15.8 Å². The quantitative estimate of drug-likeness (QED) is 0.00749. The zero-order chi connectivity index (χ0) is 68.0. The molecule has 0 amide bonds. The number of nitrogens with zero attached hydrogens (tertiary/aromatic N) is 8. The number of hydrogen-bond acceptors (Lipinski definition) is 34. The fourth-order valence-corrected chi connectivity index (χ4v) is 14.2. The van der Waals surface area contributed by atoms with Crippen molar-refractivity contribution in [1.82, 2.24) is 0 Å². The van der Waals surface area contributed by atoms with Crippen LogP contribution in [0.2, 0.25) is 0 Å². The van der Waals surface area contributed by atoms with Crippen LogP contribution in [0.4, 0.5) is 51.2 Å². The van der Waals surface area contributed by atoms with E-state index in [1.165, 1.54) is 48.5 Å². The first-order valence-electron chi connectivity index (χ1n) is 24.6. The average Bonchev–Trinajstić information content (AvgIpc) is 0.763. The minimum absolute atomic E-state index is 0.0115. The lowest BCUT2D eigenvalue weighted by Gasteiger charge is -2.14. The molecule has 0 saturated carbocycles. The normalized spacial score (nSPS) is 13.1. The molecular weight excluding hydrogens is 1420 g/mol. The van der Waals surface area contributed by atoms with Crippen molar-refractivity contribution in [3.63, 3.8) is 0 Å². The van der Waals surface area contributed by atoms with Crippen LogP contribution in [0, 0.1) is 0 Å². The Balaban J connectivity index is 1.04. The van der Waals surface area contributed by atoms with Gasteiger partial charge in [-0.15, -0.1) is 43.7 Å². The van der Waals surface area contributed by atoms with Crippen LogP contribution in [0.25, 0.3) is 53.9 Å². The Kier molecular flexibility index (Phi) is 19.3. The van der Waals surface area contributed by atoms with Crippen LogP contribution in [0.15, 0.2) is 201 Å². The van der Waals surface area contributed by atoms with Crippen molar-refractivity contribution in [3.8, 4) is 17.2 Å². The number of anilines is 1. The van der Waals surface area contributed by atoms with Crippen molar-refractivity contribution in [2.24, 2.45) is 40.9 Å². The molecule has 44 heteroatoms. The third-order valence-electron chi connectivity index (χ3n) is 13.1. The van der Waals surface area contributed by atoms with Gasteiger partial charge in [0.05, 0.1) is 78.2 Å². The summed E-state index contributed by atoms with van der Waals surface area (Å²) in [5.74, 6) is -2.75. The molecule has 0 aromatic heterocycles. The van der Waals surface area contributed by atoms with Gasteiger partial charge in [0, 0.05) is 21.5 Å². The first kappa shape index (κ1) is 68.2. The van der Waals surface area contributed by atoms with E-state index in [0.717, 1.165) is 54.6 Å². The number of rotatable bonds is 22. The Hall–Kier alpha value is -8.66. The van der Waals surface area contributed by atoms with Crippen molar-refractivity contribution >= 4 is 192 Å². The fraction of sp³-hybridized carbons (Fsp3) is 0. The monoisotopic (exact) mass is 1450 g/mol. The first-order chi connectivity index (χ1) is 44.3. The van der Waals surface area contributed by atoms with Gasteiger partial charge in [0.15, 0.2) is 17.2 Å². The molecule has 0 aliphatic heterocycles. The molecule has 0 aliphatic carbocycles. The lowest BCUT2D eigenvalue weighted by atomic mass is 10.0. The predicted molar refractivity (Wildman–Crippen MR) is 327 cm³/mol. The van der Waals surface area contributed by atoms with Crippen molar-refractivity contribution in [3.05, 3.63) is 121 Å². The molecule has 0 spiro atoms. The Bertz CT molecular complexity index is 5580. The highest BCUT2D eigenvalue weighted by atomic mass is 32.2. The van der Waals surface area contributed by atoms with Gasteiger partial charge in [0.2, 0.25) is 0 Å². The van der Waals surface area contributed by atoms with Gasteiger partial charge in [-0.05, 0) is 112 Å². The van der Waals surface area contributed by atoms with Gasteiger partial charge >= 0.3 is 0 Å². The van der Waals surface area contributed by atoms with Crippen molar-refractivity contribution in [2.45, 2.75) is 39.2 Å². The van der Waals surface area contributed by atoms with Crippen LogP contribution in [0.1, 0.15) is 0 Å². The molecule has 13 N–H and O–H groups in total. The minimum atomic E-state index is -5.38. The zero-order valence-electron chi connectivity index (χ0n) is 45.4. The van der Waals surface area contributed by atoms with Crippen molar-refractivity contribution in [1.29, 1.82) is 0 Å². The largest absolute Gasteiger partial charge is 0.505 e. The summed E-state index contributed by atoms with van der Waals surface area (Å²) in [5, 5.41) is 104. The molecule has 488 valence electrons. The molecule has 0 radical (unpaired) electrons. The smallest absolute Gasteiger partial charge is 0.297 e. The van der Waals surface area contributed by atoms with E-state index in [4.69, 9.17) is 21.5 Å². The molecule has 0 fully saturated rings. The van der Waals surface area contributed by atoms with E-state index >= 15 is 0 Å². The predicted octanol–water partition coefficient (Wildman–Crippen LogP) is 13.3. The summed E-state index contributed by atoms with van der Waals surface area (Å²) >= 11 is 0.664. The van der Waals surface area contributed by atoms with Gasteiger partial charge in [0.25, 0.3) is 50.6 Å². The fourth-order valence-electron chi connectivity index (χ4n) is 9.20. The molecule has 0 bridgehead atoms. The topological polar surface area (TPSA) is 574 Å². The summed E-state index contributed by atoms with van der Waals surface area (Å²) in [7, 11) is -26.1. The van der Waals surface area contributed by atoms with Crippen LogP contribution >= 0.6 is 36.1 Å². The summed E-state index contributed by atoms with van der Waals surface area (Å²) in [6.07, 6.45) is 0. The molecule has 0 aliphatic rings. The maximum atomic E-state index is 13.0. The maximum absolute atomic E-state index is 13.0. The Labute approximate surface area is 536 Å². The molecule has 94 heavy (non-hydrogen) atoms. The second-order valence-electron chi connectivity index (χ2n) is 18.7. The SMILES string of the molecule is Nc1c(N=Nc2ccc3c(O)c(N=Nc4ccc5ccccc5c4S(=O)(=O)O)c(SOOO)cc3c2)c(SOOO)cc2cc(S(=O)(=O)O)c(N=Nc3ccc4cc(S(=O)(=O)O)c(N=Nc5cc6c(S(=O)(=O)O)cc(S(=O)(=O)O)cc6cc5SOOO)c(O)c4c3)c(O)c12. The number of aromatic hydroxyl groups is 3. The minimum Gasteiger partial charge on any atom is -0.505 e. The van der Waals surface area contributed by atoms with Crippen LogP contribution in [0.3, 0.4) is 0 Å². The molecule has 10 aromatic rings. The Morgan fingerprint density at radius 1 is 0.362 bits per heavy atom. The second kappa shape index (κ2) is 26.6. The summed E-state index contributed by atoms with van der Waals surface area (Å²) in [4.78, 5) is -5.56. The number of nitrogen functional groups attached to an aromatic ring is 1. The van der Waals surface area contributed by atoms with E-state index in [1.807, 2.05) is 0 Å². The van der Waals surface area contributed by atoms with Gasteiger partial charge in [0.1, 0.15) is 53.7 Å². The number of phenols is 3. The number of hydrogen-bond donors (Lipinski definition) is 12. The van der Waals surface area contributed by atoms with E-state index < -0.39 is 126 Å². The number of phenolic OH excluding ortho intramolecular Hbond substituents is 3. The Morgan fingerprint density at radius 2 is 0.862 bits per heavy atom. The molecule has 10 rings (SSSR count). The second-order valence-corrected chi connectivity index (χ2v) is 27.9. The lowest BCUT2D eigenvalue weighted by molar-refractivity contribution is -0.432. The van der Waals surface area contributed by atoms with E-state index in [1.54, 1.807) is 12.1 Å². The number of nitrogens with two attached hydrogens (primary N) is 1. The summed E-state index contributed by atoms with van der Waals surface area (Å²) in [6, 6.07) is 23.1. The van der Waals surface area contributed by atoms with E-state index in [2.05, 4.69) is 69.0 Å². The third-order valence-corrected chi connectivity index (χ3v) is 19.4. The van der Waals surface area contributed by atoms with Gasteiger partial charge in [-0.1, -0.05) is 51.5 Å². The standard InChI is InChI=1S/C50H33N9O27S8/c51-42-41-25(15-36(88-85-82-64)43(42)56-52-26-8-9-29-23(11-26)14-37(89-86-83-65)44(47(29)60)57-54-33-10-6-21-3-1-2-4-30(21)50(33)94(78,79)80)17-40(93(75,76)77)46(49(41)62)58-53-27-7-5-22-16-39(92(72,73)74)45(48(61)32(22)18-27)59-55-34-20-31-24(13-35(34)87-84-81-63)12-28(90(66,67)68)19-38(31)91(69,70)71/h1-20,60-65H,51H2,(H,66,67,68)(H,69,70,71)(H,72,73,74)(H,75,76,77)(H,78,79,80). The highest BCUT2D eigenvalue weighted by molar-refractivity contribution is 7.95. The average molecular weight is 1450 g/mol. The number of azo groups is 4. The van der Waals surface area contributed by atoms with Gasteiger partial charge in [-0.2, -0.15) is 52.3 Å². The molecule has 0 atom stereocenters. The maximum Gasteiger partial charge on any atom is 0.297 e. The van der Waals surface area contributed by atoms with E-state index in [-0.39, 0.29) is 105 Å². The van der Waals surface area contributed by atoms with Gasteiger partial charge in [-0.3, -0.25) is 22.8 Å². The highest BCUT2D eigenvalue weighted by Gasteiger charge is 2.29. The van der Waals surface area contributed by atoms with Crippen LogP contribution < -0.4 is 5.73 Å². The third kappa shape index (κ3) is 14.2. The molecule has 10 aromatic carbocycles. The molecule has 0 heterocycles. The van der Waals surface area contributed by atoms with E-state index in [0.29, 0.717) is 23.5 Å². The van der Waals surface area contributed by atoms with Crippen LogP contribution in [-0.4, -0.2) is 95.9 Å². The van der Waals surface area contributed by atoms with E-state index in [9.17, 15) is 80.2 Å². The summed E-state index contributed by atoms with van der Waals surface area (Å²) in [6.45, 7) is 0. The number of fused-ring (bicyclic) bond motifs is 5. The summed E-state index contributed by atoms with van der Waals surface area (Å²) in [5.41, 5.74) is 2.12. The van der Waals surface area contributed by atoms with Gasteiger partial charge < -0.3 is 21.1 Å². The van der Waals surface area contributed by atoms with Crippen LogP contribution in [0.5, 0.6) is 17.2 Å². The molecule has 0 unspecified atom stereocenters. The lowest BCUT2D eigenvalue weighted by Crippen LogP contribution is -2.04. The van der Waals surface area contributed by atoms with Crippen LogP contribution in [-0.2, 0) is 78.7 Å². The number of benzene rings is 10. The molecule has 0 saturated heterocycles.